The van der Waals surface area contributed by atoms with E-state index in [4.69, 9.17) is 5.26 Å². The molecule has 0 bridgehead atoms. The first-order valence-corrected chi connectivity index (χ1v) is 6.99. The molecule has 1 aromatic heterocycles. The van der Waals surface area contributed by atoms with Crippen LogP contribution in [0.1, 0.15) is 30.7 Å². The summed E-state index contributed by atoms with van der Waals surface area (Å²) in [4.78, 5) is 4.29. The average Bonchev–Trinajstić information content (AvgIpc) is 2.88. The van der Waals surface area contributed by atoms with E-state index in [-0.39, 0.29) is 5.56 Å². The Balaban J connectivity index is 2.01. The number of nitrogens with zero attached hydrogens (tertiary/aromatic N) is 3. The van der Waals surface area contributed by atoms with Gasteiger partial charge < -0.3 is 9.88 Å². The molecule has 0 fully saturated rings. The van der Waals surface area contributed by atoms with E-state index in [1.807, 2.05) is 16.8 Å². The maximum atomic E-state index is 14.0. The zero-order valence-electron chi connectivity index (χ0n) is 12.3. The van der Waals surface area contributed by atoms with Crippen LogP contribution in [-0.2, 0) is 13.1 Å². The second-order valence-electron chi connectivity index (χ2n) is 5.45. The molecule has 0 aliphatic heterocycles. The molecule has 4 nitrogen and oxygen atoms in total. The lowest BCUT2D eigenvalue weighted by Gasteiger charge is -2.06. The number of hydrogen-bond donors (Lipinski definition) is 1. The van der Waals surface area contributed by atoms with E-state index in [0.717, 1.165) is 12.2 Å². The molecule has 2 rings (SSSR count). The molecule has 0 saturated heterocycles. The molecule has 110 valence electrons. The second kappa shape index (κ2) is 7.00. The van der Waals surface area contributed by atoms with Gasteiger partial charge in [-0.15, -0.1) is 0 Å². The Morgan fingerprint density at radius 3 is 2.95 bits per heavy atom. The SMILES string of the molecule is CC(C)CNCc1cn(Cc2cccc(C#N)c2F)cn1. The Bertz CT molecular complexity index is 640. The van der Waals surface area contributed by atoms with Crippen molar-refractivity contribution in [2.24, 2.45) is 5.92 Å². The Morgan fingerprint density at radius 2 is 2.24 bits per heavy atom. The highest BCUT2D eigenvalue weighted by Gasteiger charge is 2.08. The van der Waals surface area contributed by atoms with Crippen LogP contribution in [0, 0.1) is 23.1 Å². The molecule has 0 amide bonds. The van der Waals surface area contributed by atoms with Gasteiger partial charge in [0.2, 0.25) is 0 Å². The number of benzene rings is 1. The summed E-state index contributed by atoms with van der Waals surface area (Å²) in [5, 5.41) is 12.2. The standard InChI is InChI=1S/C16H19FN4/c1-12(2)7-19-8-15-10-21(11-20-15)9-14-5-3-4-13(6-18)16(14)17/h3-5,10-12,19H,7-9H2,1-2H3. The number of rotatable bonds is 6. The third-order valence-electron chi connectivity index (χ3n) is 3.10. The van der Waals surface area contributed by atoms with Crippen molar-refractivity contribution in [2.45, 2.75) is 26.9 Å². The predicted octanol–water partition coefficient (Wildman–Crippen LogP) is 2.69. The lowest BCUT2D eigenvalue weighted by Crippen LogP contribution is -2.19. The Morgan fingerprint density at radius 1 is 1.43 bits per heavy atom. The van der Waals surface area contributed by atoms with E-state index in [1.165, 1.54) is 6.07 Å². The summed E-state index contributed by atoms with van der Waals surface area (Å²) in [6.07, 6.45) is 3.58. The smallest absolute Gasteiger partial charge is 0.145 e. The molecule has 2 aromatic rings. The van der Waals surface area contributed by atoms with Crippen molar-refractivity contribution in [3.63, 3.8) is 0 Å². The minimum absolute atomic E-state index is 0.0754. The summed E-state index contributed by atoms with van der Waals surface area (Å²) in [7, 11) is 0. The summed E-state index contributed by atoms with van der Waals surface area (Å²) in [6, 6.07) is 6.72. The van der Waals surface area contributed by atoms with Gasteiger partial charge in [0, 0.05) is 18.3 Å². The number of halogens is 1. The summed E-state index contributed by atoms with van der Waals surface area (Å²) in [5.41, 5.74) is 1.49. The molecular formula is C16H19FN4. The first-order chi connectivity index (χ1) is 10.1. The third-order valence-corrected chi connectivity index (χ3v) is 3.10. The predicted molar refractivity (Wildman–Crippen MR) is 79.0 cm³/mol. The van der Waals surface area contributed by atoms with Crippen molar-refractivity contribution in [3.05, 3.63) is 53.4 Å². The van der Waals surface area contributed by atoms with Crippen LogP contribution in [0.25, 0.3) is 0 Å². The minimum atomic E-state index is -0.451. The van der Waals surface area contributed by atoms with Gasteiger partial charge in [-0.1, -0.05) is 26.0 Å². The van der Waals surface area contributed by atoms with Crippen molar-refractivity contribution >= 4 is 0 Å². The molecule has 0 atom stereocenters. The first kappa shape index (κ1) is 15.2. The van der Waals surface area contributed by atoms with Crippen LogP contribution in [0.4, 0.5) is 4.39 Å². The summed E-state index contributed by atoms with van der Waals surface area (Å²) < 4.78 is 15.8. The van der Waals surface area contributed by atoms with Crippen molar-refractivity contribution < 1.29 is 4.39 Å². The lowest BCUT2D eigenvalue weighted by atomic mass is 10.1. The van der Waals surface area contributed by atoms with E-state index in [2.05, 4.69) is 24.1 Å². The zero-order chi connectivity index (χ0) is 15.2. The molecule has 1 heterocycles. The fourth-order valence-electron chi connectivity index (χ4n) is 2.06. The maximum Gasteiger partial charge on any atom is 0.145 e. The lowest BCUT2D eigenvalue weighted by molar-refractivity contribution is 0.548. The molecule has 1 N–H and O–H groups in total. The van der Waals surface area contributed by atoms with Gasteiger partial charge in [0.05, 0.1) is 24.1 Å². The highest BCUT2D eigenvalue weighted by atomic mass is 19.1. The fraction of sp³-hybridized carbons (Fsp3) is 0.375. The second-order valence-corrected chi connectivity index (χ2v) is 5.45. The Labute approximate surface area is 124 Å². The molecule has 21 heavy (non-hydrogen) atoms. The summed E-state index contributed by atoms with van der Waals surface area (Å²) in [6.45, 7) is 6.31. The van der Waals surface area contributed by atoms with Gasteiger partial charge in [-0.2, -0.15) is 5.26 Å². The van der Waals surface area contributed by atoms with Crippen LogP contribution in [0.5, 0.6) is 0 Å². The average molecular weight is 286 g/mol. The van der Waals surface area contributed by atoms with Gasteiger partial charge in [0.25, 0.3) is 0 Å². The zero-order valence-corrected chi connectivity index (χ0v) is 12.3. The van der Waals surface area contributed by atoms with Crippen LogP contribution in [0.15, 0.2) is 30.7 Å². The first-order valence-electron chi connectivity index (χ1n) is 6.99. The molecule has 1 aromatic carbocycles. The molecular weight excluding hydrogens is 267 g/mol. The number of aromatic nitrogens is 2. The van der Waals surface area contributed by atoms with Crippen LogP contribution < -0.4 is 5.32 Å². The van der Waals surface area contributed by atoms with Crippen molar-refractivity contribution in [2.75, 3.05) is 6.54 Å². The monoisotopic (exact) mass is 286 g/mol. The topological polar surface area (TPSA) is 53.6 Å². The van der Waals surface area contributed by atoms with Gasteiger partial charge in [-0.3, -0.25) is 0 Å². The van der Waals surface area contributed by atoms with Gasteiger partial charge in [0.1, 0.15) is 11.9 Å². The van der Waals surface area contributed by atoms with Gasteiger partial charge >= 0.3 is 0 Å². The van der Waals surface area contributed by atoms with E-state index in [0.29, 0.717) is 24.6 Å². The van der Waals surface area contributed by atoms with E-state index >= 15 is 0 Å². The number of nitriles is 1. The summed E-state index contributed by atoms with van der Waals surface area (Å²) in [5.74, 6) is 0.142. The minimum Gasteiger partial charge on any atom is -0.333 e. The van der Waals surface area contributed by atoms with E-state index < -0.39 is 5.82 Å². The van der Waals surface area contributed by atoms with Crippen LogP contribution >= 0.6 is 0 Å². The van der Waals surface area contributed by atoms with Gasteiger partial charge in [-0.05, 0) is 18.5 Å². The molecule has 0 saturated carbocycles. The molecule has 0 aliphatic carbocycles. The quantitative estimate of drug-likeness (QED) is 0.888. The Hall–Kier alpha value is -2.19. The molecule has 0 aliphatic rings. The van der Waals surface area contributed by atoms with E-state index in [1.54, 1.807) is 18.5 Å². The van der Waals surface area contributed by atoms with Gasteiger partial charge in [-0.25, -0.2) is 9.37 Å². The van der Waals surface area contributed by atoms with Gasteiger partial charge in [0.15, 0.2) is 0 Å². The fourth-order valence-corrected chi connectivity index (χ4v) is 2.06. The van der Waals surface area contributed by atoms with E-state index in [9.17, 15) is 4.39 Å². The normalized spacial score (nSPS) is 10.8. The maximum absolute atomic E-state index is 14.0. The molecule has 0 radical (unpaired) electrons. The largest absolute Gasteiger partial charge is 0.333 e. The number of imidazole rings is 1. The Kier molecular flexibility index (Phi) is 5.07. The van der Waals surface area contributed by atoms with Crippen molar-refractivity contribution in [1.82, 2.24) is 14.9 Å². The van der Waals surface area contributed by atoms with Crippen molar-refractivity contribution in [1.29, 1.82) is 5.26 Å². The summed E-state index contributed by atoms with van der Waals surface area (Å²) >= 11 is 0. The molecule has 0 unspecified atom stereocenters. The molecule has 5 heteroatoms. The number of hydrogen-bond acceptors (Lipinski definition) is 3. The highest BCUT2D eigenvalue weighted by molar-refractivity contribution is 5.35. The highest BCUT2D eigenvalue weighted by Crippen LogP contribution is 2.13. The number of nitrogens with one attached hydrogen (secondary N) is 1. The van der Waals surface area contributed by atoms with Crippen LogP contribution in [0.2, 0.25) is 0 Å². The van der Waals surface area contributed by atoms with Crippen molar-refractivity contribution in [3.8, 4) is 6.07 Å². The van der Waals surface area contributed by atoms with Crippen LogP contribution in [-0.4, -0.2) is 16.1 Å². The third kappa shape index (κ3) is 4.14. The molecule has 0 spiro atoms. The van der Waals surface area contributed by atoms with Crippen LogP contribution in [0.3, 0.4) is 0 Å².